The highest BCUT2D eigenvalue weighted by Gasteiger charge is 2.16. The Kier molecular flexibility index (Phi) is 3.06. The first kappa shape index (κ1) is 9.28. The van der Waals surface area contributed by atoms with Crippen molar-refractivity contribution in [2.24, 2.45) is 0 Å². The third-order valence-corrected chi connectivity index (χ3v) is 3.67. The summed E-state index contributed by atoms with van der Waals surface area (Å²) >= 11 is 7.60. The maximum absolute atomic E-state index is 5.77. The lowest BCUT2D eigenvalue weighted by molar-refractivity contribution is 0.886. The molecule has 0 aliphatic heterocycles. The van der Waals surface area contributed by atoms with Crippen molar-refractivity contribution in [1.29, 1.82) is 0 Å². The summed E-state index contributed by atoms with van der Waals surface area (Å²) < 4.78 is 0. The van der Waals surface area contributed by atoms with Gasteiger partial charge in [-0.1, -0.05) is 24.4 Å². The second-order valence-electron chi connectivity index (χ2n) is 3.20. The van der Waals surface area contributed by atoms with Gasteiger partial charge in [-0.15, -0.1) is 11.8 Å². The van der Waals surface area contributed by atoms with Gasteiger partial charge in [0.25, 0.3) is 0 Å². The van der Waals surface area contributed by atoms with Crippen molar-refractivity contribution in [3.05, 3.63) is 17.5 Å². The predicted molar refractivity (Wildman–Crippen MR) is 55.2 cm³/mol. The molecule has 1 aromatic rings. The summed E-state index contributed by atoms with van der Waals surface area (Å²) in [6.45, 7) is 0. The number of nitrogens with zero attached hydrogens (tertiary/aromatic N) is 2. The minimum absolute atomic E-state index is 0.537. The molecule has 0 spiro atoms. The van der Waals surface area contributed by atoms with Crippen molar-refractivity contribution >= 4 is 23.4 Å². The van der Waals surface area contributed by atoms with Crippen LogP contribution in [0.15, 0.2) is 17.4 Å². The molecule has 0 unspecified atom stereocenters. The molecule has 0 saturated heterocycles. The summed E-state index contributed by atoms with van der Waals surface area (Å²) in [7, 11) is 0. The Morgan fingerprint density at radius 3 is 2.77 bits per heavy atom. The highest BCUT2D eigenvalue weighted by molar-refractivity contribution is 7.99. The molecule has 70 valence electrons. The smallest absolute Gasteiger partial charge is 0.133 e. The van der Waals surface area contributed by atoms with E-state index in [0.717, 1.165) is 10.3 Å². The van der Waals surface area contributed by atoms with E-state index in [4.69, 9.17) is 11.6 Å². The Morgan fingerprint density at radius 2 is 2.08 bits per heavy atom. The largest absolute Gasteiger partial charge is 0.230 e. The van der Waals surface area contributed by atoms with Gasteiger partial charge in [-0.25, -0.2) is 9.97 Å². The van der Waals surface area contributed by atoms with Gasteiger partial charge in [-0.3, -0.25) is 0 Å². The molecule has 2 nitrogen and oxygen atoms in total. The van der Waals surface area contributed by atoms with E-state index in [2.05, 4.69) is 9.97 Å². The van der Waals surface area contributed by atoms with Gasteiger partial charge >= 0.3 is 0 Å². The van der Waals surface area contributed by atoms with Crippen LogP contribution in [0.3, 0.4) is 0 Å². The molecule has 1 aliphatic carbocycles. The first-order chi connectivity index (χ1) is 6.34. The van der Waals surface area contributed by atoms with Gasteiger partial charge in [0.05, 0.1) is 0 Å². The molecule has 1 aromatic heterocycles. The topological polar surface area (TPSA) is 25.8 Å². The summed E-state index contributed by atoms with van der Waals surface area (Å²) in [4.78, 5) is 8.03. The van der Waals surface area contributed by atoms with Gasteiger partial charge in [0.2, 0.25) is 0 Å². The Morgan fingerprint density at radius 1 is 1.31 bits per heavy atom. The zero-order valence-electron chi connectivity index (χ0n) is 7.24. The fourth-order valence-electron chi connectivity index (χ4n) is 1.56. The molecule has 1 heterocycles. The van der Waals surface area contributed by atoms with Crippen LogP contribution in [0.1, 0.15) is 25.7 Å². The first-order valence-electron chi connectivity index (χ1n) is 4.49. The van der Waals surface area contributed by atoms with E-state index in [1.807, 2.05) is 17.8 Å². The van der Waals surface area contributed by atoms with E-state index in [1.54, 1.807) is 0 Å². The van der Waals surface area contributed by atoms with Crippen LogP contribution >= 0.6 is 23.4 Å². The molecule has 4 heteroatoms. The maximum atomic E-state index is 5.77. The summed E-state index contributed by atoms with van der Waals surface area (Å²) in [5, 5.41) is 2.29. The predicted octanol–water partition coefficient (Wildman–Crippen LogP) is 3.16. The van der Waals surface area contributed by atoms with Crippen LogP contribution in [0.5, 0.6) is 0 Å². The SMILES string of the molecule is Clc1cc(SC2CCCC2)ncn1. The quantitative estimate of drug-likeness (QED) is 0.708. The molecular formula is C9H11ClN2S. The van der Waals surface area contributed by atoms with Gasteiger partial charge in [0, 0.05) is 11.3 Å². The Balaban J connectivity index is 2.00. The Hall–Kier alpha value is -0.280. The number of rotatable bonds is 2. The van der Waals surface area contributed by atoms with Crippen LogP contribution in [-0.4, -0.2) is 15.2 Å². The molecule has 0 N–H and O–H groups in total. The van der Waals surface area contributed by atoms with E-state index in [-0.39, 0.29) is 0 Å². The third-order valence-electron chi connectivity index (χ3n) is 2.20. The highest BCUT2D eigenvalue weighted by atomic mass is 35.5. The highest BCUT2D eigenvalue weighted by Crippen LogP contribution is 2.33. The minimum Gasteiger partial charge on any atom is -0.230 e. The minimum atomic E-state index is 0.537. The molecule has 1 aliphatic rings. The van der Waals surface area contributed by atoms with Crippen molar-refractivity contribution in [2.45, 2.75) is 36.0 Å². The molecule has 13 heavy (non-hydrogen) atoms. The summed E-state index contributed by atoms with van der Waals surface area (Å²) in [6, 6.07) is 1.84. The Bertz CT molecular complexity index is 287. The molecule has 2 rings (SSSR count). The zero-order valence-corrected chi connectivity index (χ0v) is 8.81. The van der Waals surface area contributed by atoms with Crippen LogP contribution < -0.4 is 0 Å². The van der Waals surface area contributed by atoms with E-state index in [9.17, 15) is 0 Å². The van der Waals surface area contributed by atoms with Crippen molar-refractivity contribution in [1.82, 2.24) is 9.97 Å². The number of thioether (sulfide) groups is 1. The second kappa shape index (κ2) is 4.29. The van der Waals surface area contributed by atoms with Gasteiger partial charge in [-0.2, -0.15) is 0 Å². The maximum Gasteiger partial charge on any atom is 0.133 e. The van der Waals surface area contributed by atoms with E-state index in [0.29, 0.717) is 5.15 Å². The number of halogens is 1. The molecule has 0 radical (unpaired) electrons. The van der Waals surface area contributed by atoms with Crippen LogP contribution in [0.2, 0.25) is 5.15 Å². The average Bonchev–Trinajstić information content (AvgIpc) is 2.57. The molecule has 0 atom stereocenters. The second-order valence-corrected chi connectivity index (χ2v) is 4.91. The van der Waals surface area contributed by atoms with Gasteiger partial charge in [0.1, 0.15) is 16.5 Å². The van der Waals surface area contributed by atoms with E-state index < -0.39 is 0 Å². The van der Waals surface area contributed by atoms with Crippen molar-refractivity contribution in [3.63, 3.8) is 0 Å². The molecule has 1 fully saturated rings. The lowest BCUT2D eigenvalue weighted by Crippen LogP contribution is -1.94. The Labute approximate surface area is 87.1 Å². The standard InChI is InChI=1S/C9H11ClN2S/c10-8-5-9(12-6-11-8)13-7-3-1-2-4-7/h5-7H,1-4H2. The van der Waals surface area contributed by atoms with Gasteiger partial charge < -0.3 is 0 Å². The molecule has 0 aromatic carbocycles. The lowest BCUT2D eigenvalue weighted by Gasteiger charge is -2.06. The first-order valence-corrected chi connectivity index (χ1v) is 5.74. The van der Waals surface area contributed by atoms with Crippen molar-refractivity contribution < 1.29 is 0 Å². The van der Waals surface area contributed by atoms with E-state index in [1.165, 1.54) is 32.0 Å². The number of aromatic nitrogens is 2. The molecule has 0 amide bonds. The average molecular weight is 215 g/mol. The number of hydrogen-bond donors (Lipinski definition) is 0. The van der Waals surface area contributed by atoms with Crippen molar-refractivity contribution in [3.8, 4) is 0 Å². The third kappa shape index (κ3) is 2.58. The van der Waals surface area contributed by atoms with Crippen LogP contribution in [-0.2, 0) is 0 Å². The number of hydrogen-bond acceptors (Lipinski definition) is 3. The van der Waals surface area contributed by atoms with Gasteiger partial charge in [-0.05, 0) is 12.8 Å². The monoisotopic (exact) mass is 214 g/mol. The normalized spacial score (nSPS) is 17.9. The summed E-state index contributed by atoms with van der Waals surface area (Å²) in [5.41, 5.74) is 0. The molecular weight excluding hydrogens is 204 g/mol. The van der Waals surface area contributed by atoms with Crippen LogP contribution in [0, 0.1) is 0 Å². The fraction of sp³-hybridized carbons (Fsp3) is 0.556. The molecule has 1 saturated carbocycles. The lowest BCUT2D eigenvalue weighted by atomic mass is 10.4. The van der Waals surface area contributed by atoms with E-state index >= 15 is 0 Å². The molecule has 0 bridgehead atoms. The van der Waals surface area contributed by atoms with Crippen molar-refractivity contribution in [2.75, 3.05) is 0 Å². The summed E-state index contributed by atoms with van der Waals surface area (Å²) in [6.07, 6.45) is 6.87. The summed E-state index contributed by atoms with van der Waals surface area (Å²) in [5.74, 6) is 0. The van der Waals surface area contributed by atoms with Crippen LogP contribution in [0.4, 0.5) is 0 Å². The van der Waals surface area contributed by atoms with Gasteiger partial charge in [0.15, 0.2) is 0 Å². The van der Waals surface area contributed by atoms with Crippen LogP contribution in [0.25, 0.3) is 0 Å². The fourth-order valence-corrected chi connectivity index (χ4v) is 2.97. The zero-order chi connectivity index (χ0) is 9.10.